The largest absolute Gasteiger partial charge is 0.480 e. The van der Waals surface area contributed by atoms with Crippen LogP contribution in [0.15, 0.2) is 12.3 Å². The fraction of sp³-hybridized carbons (Fsp3) is 0.688. The van der Waals surface area contributed by atoms with Crippen molar-refractivity contribution in [3.05, 3.63) is 18.1 Å². The summed E-state index contributed by atoms with van der Waals surface area (Å²) in [5.41, 5.74) is -0.836. The van der Waals surface area contributed by atoms with Gasteiger partial charge in [0.15, 0.2) is 0 Å². The van der Waals surface area contributed by atoms with Crippen molar-refractivity contribution >= 4 is 11.8 Å². The highest BCUT2D eigenvalue weighted by Gasteiger charge is 2.48. The van der Waals surface area contributed by atoms with E-state index in [1.165, 1.54) is 12.8 Å². The number of nitrogens with zero attached hydrogens (tertiary/aromatic N) is 4. The first-order valence-corrected chi connectivity index (χ1v) is 8.33. The van der Waals surface area contributed by atoms with Gasteiger partial charge in [0.2, 0.25) is 0 Å². The summed E-state index contributed by atoms with van der Waals surface area (Å²) < 4.78 is 5.38. The summed E-state index contributed by atoms with van der Waals surface area (Å²) in [4.78, 5) is 25.1. The molecular formula is C16H22N4O3. The zero-order chi connectivity index (χ0) is 15.9. The topological polar surface area (TPSA) is 78.8 Å². The van der Waals surface area contributed by atoms with E-state index in [0.29, 0.717) is 25.6 Å². The lowest BCUT2D eigenvalue weighted by Crippen LogP contribution is -2.61. The van der Waals surface area contributed by atoms with Gasteiger partial charge in [0, 0.05) is 51.3 Å². The van der Waals surface area contributed by atoms with E-state index in [1.54, 1.807) is 0 Å². The number of hydrogen-bond acceptors (Lipinski definition) is 6. The Kier molecular flexibility index (Phi) is 3.69. The molecule has 4 rings (SSSR count). The first-order valence-electron chi connectivity index (χ1n) is 8.33. The predicted octanol–water partition coefficient (Wildman–Crippen LogP) is 0.720. The van der Waals surface area contributed by atoms with Crippen LogP contribution in [0.3, 0.4) is 0 Å². The molecule has 3 fully saturated rings. The van der Waals surface area contributed by atoms with E-state index >= 15 is 0 Å². The number of ether oxygens (including phenoxy) is 1. The summed E-state index contributed by atoms with van der Waals surface area (Å²) >= 11 is 0. The van der Waals surface area contributed by atoms with Crippen molar-refractivity contribution in [2.45, 2.75) is 30.7 Å². The Bertz CT molecular complexity index is 591. The second kappa shape index (κ2) is 5.72. The van der Waals surface area contributed by atoms with Gasteiger partial charge >= 0.3 is 5.97 Å². The van der Waals surface area contributed by atoms with Crippen LogP contribution in [-0.2, 0) is 9.53 Å². The van der Waals surface area contributed by atoms with Gasteiger partial charge in [0.25, 0.3) is 0 Å². The Morgan fingerprint density at radius 3 is 2.70 bits per heavy atom. The maximum Gasteiger partial charge on any atom is 0.326 e. The molecule has 2 aliphatic heterocycles. The fourth-order valence-electron chi connectivity index (χ4n) is 3.55. The highest BCUT2D eigenvalue weighted by atomic mass is 16.5. The molecule has 1 saturated carbocycles. The molecule has 3 aliphatic rings. The third kappa shape index (κ3) is 2.68. The third-order valence-corrected chi connectivity index (χ3v) is 5.21. The maximum atomic E-state index is 11.7. The van der Waals surface area contributed by atoms with Gasteiger partial charge in [-0.1, -0.05) is 0 Å². The zero-order valence-corrected chi connectivity index (χ0v) is 13.1. The van der Waals surface area contributed by atoms with Crippen LogP contribution in [0.25, 0.3) is 0 Å². The molecule has 1 unspecified atom stereocenters. The van der Waals surface area contributed by atoms with Crippen LogP contribution < -0.4 is 4.90 Å². The molecule has 1 aromatic rings. The molecule has 3 heterocycles. The van der Waals surface area contributed by atoms with Crippen LogP contribution in [0.2, 0.25) is 0 Å². The lowest BCUT2D eigenvalue weighted by Gasteiger charge is -2.42. The van der Waals surface area contributed by atoms with Crippen molar-refractivity contribution in [1.82, 2.24) is 14.9 Å². The van der Waals surface area contributed by atoms with Crippen LogP contribution in [-0.4, -0.2) is 70.9 Å². The van der Waals surface area contributed by atoms with E-state index in [0.717, 1.165) is 37.8 Å². The molecule has 0 spiro atoms. The Morgan fingerprint density at radius 1 is 1.30 bits per heavy atom. The molecule has 1 aliphatic carbocycles. The number of aromatic nitrogens is 2. The van der Waals surface area contributed by atoms with E-state index in [1.807, 2.05) is 12.3 Å². The van der Waals surface area contributed by atoms with E-state index in [-0.39, 0.29) is 0 Å². The Hall–Kier alpha value is -1.73. The number of hydrogen-bond donors (Lipinski definition) is 1. The summed E-state index contributed by atoms with van der Waals surface area (Å²) in [5.74, 6) is 1.70. The Morgan fingerprint density at radius 2 is 2.09 bits per heavy atom. The molecule has 2 saturated heterocycles. The van der Waals surface area contributed by atoms with E-state index < -0.39 is 11.5 Å². The molecule has 0 bridgehead atoms. The molecule has 23 heavy (non-hydrogen) atoms. The van der Waals surface area contributed by atoms with Crippen molar-refractivity contribution in [2.24, 2.45) is 0 Å². The molecule has 124 valence electrons. The number of rotatable bonds is 4. The minimum Gasteiger partial charge on any atom is -0.480 e. The molecule has 0 aromatic carbocycles. The molecule has 0 radical (unpaired) electrons. The van der Waals surface area contributed by atoms with E-state index in [4.69, 9.17) is 4.74 Å². The number of carbonyl (C=O) groups is 1. The Balaban J connectivity index is 1.44. The highest BCUT2D eigenvalue weighted by Crippen LogP contribution is 2.38. The smallest absolute Gasteiger partial charge is 0.326 e. The first kappa shape index (κ1) is 14.8. The average Bonchev–Trinajstić information content (AvgIpc) is 3.32. The van der Waals surface area contributed by atoms with Gasteiger partial charge in [0.05, 0.1) is 6.61 Å². The van der Waals surface area contributed by atoms with Crippen LogP contribution in [0, 0.1) is 0 Å². The number of piperazine rings is 1. The fourth-order valence-corrected chi connectivity index (χ4v) is 3.55. The van der Waals surface area contributed by atoms with Crippen molar-refractivity contribution in [3.63, 3.8) is 0 Å². The van der Waals surface area contributed by atoms with Gasteiger partial charge in [-0.3, -0.25) is 9.69 Å². The van der Waals surface area contributed by atoms with Crippen molar-refractivity contribution < 1.29 is 14.6 Å². The number of carboxylic acids is 1. The first-order chi connectivity index (χ1) is 11.2. The SMILES string of the molecule is O=C(O)C1(N2CCN(c3ccnc(C4CC4)n3)CC2)CCOC1. The summed E-state index contributed by atoms with van der Waals surface area (Å²) in [6, 6.07) is 1.95. The van der Waals surface area contributed by atoms with Gasteiger partial charge in [0.1, 0.15) is 17.2 Å². The summed E-state index contributed by atoms with van der Waals surface area (Å²) in [7, 11) is 0. The van der Waals surface area contributed by atoms with Crippen LogP contribution in [0.1, 0.15) is 31.0 Å². The molecule has 1 aromatic heterocycles. The predicted molar refractivity (Wildman–Crippen MR) is 83.6 cm³/mol. The molecule has 7 heteroatoms. The standard InChI is InChI=1S/C16H22N4O3/c21-15(22)16(4-10-23-11-16)20-8-6-19(7-9-20)13-3-5-17-14(18-13)12-1-2-12/h3,5,12H,1-2,4,6-11H2,(H,21,22). The highest BCUT2D eigenvalue weighted by molar-refractivity contribution is 5.79. The summed E-state index contributed by atoms with van der Waals surface area (Å²) in [6.07, 6.45) is 4.80. The number of carboxylic acid groups (broad SMARTS) is 1. The van der Waals surface area contributed by atoms with Crippen molar-refractivity contribution in [1.29, 1.82) is 0 Å². The van der Waals surface area contributed by atoms with E-state index in [2.05, 4.69) is 19.8 Å². The van der Waals surface area contributed by atoms with Gasteiger partial charge < -0.3 is 14.7 Å². The van der Waals surface area contributed by atoms with Gasteiger partial charge in [-0.25, -0.2) is 9.97 Å². The Labute approximate surface area is 135 Å². The van der Waals surface area contributed by atoms with Crippen molar-refractivity contribution in [3.8, 4) is 0 Å². The van der Waals surface area contributed by atoms with Gasteiger partial charge in [-0.05, 0) is 18.9 Å². The zero-order valence-electron chi connectivity index (χ0n) is 13.1. The van der Waals surface area contributed by atoms with Crippen LogP contribution in [0.5, 0.6) is 0 Å². The second-order valence-corrected chi connectivity index (χ2v) is 6.66. The van der Waals surface area contributed by atoms with Gasteiger partial charge in [-0.2, -0.15) is 0 Å². The summed E-state index contributed by atoms with van der Waals surface area (Å²) in [5, 5.41) is 9.65. The monoisotopic (exact) mass is 318 g/mol. The van der Waals surface area contributed by atoms with Crippen LogP contribution in [0.4, 0.5) is 5.82 Å². The molecular weight excluding hydrogens is 296 g/mol. The van der Waals surface area contributed by atoms with Crippen molar-refractivity contribution in [2.75, 3.05) is 44.3 Å². The normalized spacial score (nSPS) is 29.0. The second-order valence-electron chi connectivity index (χ2n) is 6.66. The molecule has 7 nitrogen and oxygen atoms in total. The molecule has 1 atom stereocenters. The number of anilines is 1. The third-order valence-electron chi connectivity index (χ3n) is 5.21. The minimum atomic E-state index is -0.836. The minimum absolute atomic E-state index is 0.293. The van der Waals surface area contributed by atoms with Gasteiger partial charge in [-0.15, -0.1) is 0 Å². The van der Waals surface area contributed by atoms with Crippen LogP contribution >= 0.6 is 0 Å². The maximum absolute atomic E-state index is 11.7. The average molecular weight is 318 g/mol. The summed E-state index contributed by atoms with van der Waals surface area (Å²) in [6.45, 7) is 3.84. The lowest BCUT2D eigenvalue weighted by atomic mass is 9.95. The van der Waals surface area contributed by atoms with E-state index in [9.17, 15) is 9.90 Å². The number of aliphatic carboxylic acids is 1. The molecule has 1 N–H and O–H groups in total. The lowest BCUT2D eigenvalue weighted by molar-refractivity contribution is -0.152. The quantitative estimate of drug-likeness (QED) is 0.876. The molecule has 0 amide bonds.